The largest absolute Gasteiger partial charge is 0.393 e. The van der Waals surface area contributed by atoms with Crippen LogP contribution in [0.1, 0.15) is 79.1 Å². The molecule has 3 fully saturated rings. The van der Waals surface area contributed by atoms with Gasteiger partial charge in [-0.25, -0.2) is 0 Å². The summed E-state index contributed by atoms with van der Waals surface area (Å²) in [5.74, 6) is -0.480. The van der Waals surface area contributed by atoms with E-state index in [1.807, 2.05) is 13.8 Å². The van der Waals surface area contributed by atoms with Crippen LogP contribution in [0.15, 0.2) is 11.6 Å². The normalized spacial score (nSPS) is 47.6. The summed E-state index contributed by atoms with van der Waals surface area (Å²) in [6, 6.07) is 0. The van der Waals surface area contributed by atoms with Crippen molar-refractivity contribution in [2.24, 2.45) is 34.5 Å². The van der Waals surface area contributed by atoms with E-state index in [1.54, 1.807) is 13.0 Å². The molecule has 0 spiro atoms. The van der Waals surface area contributed by atoms with Gasteiger partial charge >= 0.3 is 0 Å². The van der Waals surface area contributed by atoms with Crippen molar-refractivity contribution in [2.75, 3.05) is 6.61 Å². The lowest BCUT2D eigenvalue weighted by molar-refractivity contribution is -0.154. The van der Waals surface area contributed by atoms with Crippen LogP contribution in [0, 0.1) is 34.5 Å². The Morgan fingerprint density at radius 2 is 1.82 bits per heavy atom. The summed E-state index contributed by atoms with van der Waals surface area (Å²) < 4.78 is 0. The molecule has 6 N–H and O–H groups in total. The first kappa shape index (κ1) is 26.2. The molecule has 0 aromatic carbocycles. The van der Waals surface area contributed by atoms with Gasteiger partial charge in [0, 0.05) is 11.3 Å². The van der Waals surface area contributed by atoms with E-state index in [0.29, 0.717) is 25.7 Å². The molecule has 0 aromatic heterocycles. The maximum absolute atomic E-state index is 13.2. The van der Waals surface area contributed by atoms with Crippen LogP contribution in [-0.2, 0) is 4.79 Å². The molecule has 3 saturated carbocycles. The number of aliphatic hydroxyl groups is 6. The Morgan fingerprint density at radius 3 is 2.47 bits per heavy atom. The zero-order valence-electron chi connectivity index (χ0n) is 21.1. The lowest BCUT2D eigenvalue weighted by Crippen LogP contribution is -2.61. The van der Waals surface area contributed by atoms with Gasteiger partial charge in [0.15, 0.2) is 5.78 Å². The van der Waals surface area contributed by atoms with Crippen molar-refractivity contribution in [2.45, 2.75) is 109 Å². The number of aliphatic hydroxyl groups excluding tert-OH is 4. The summed E-state index contributed by atoms with van der Waals surface area (Å²) >= 11 is 0. The van der Waals surface area contributed by atoms with Crippen molar-refractivity contribution in [3.05, 3.63) is 11.6 Å². The zero-order chi connectivity index (χ0) is 25.3. The minimum absolute atomic E-state index is 0.0194. The van der Waals surface area contributed by atoms with Crippen LogP contribution in [-0.4, -0.2) is 72.5 Å². The van der Waals surface area contributed by atoms with Gasteiger partial charge in [-0.05, 0) is 93.1 Å². The topological polar surface area (TPSA) is 138 Å². The summed E-state index contributed by atoms with van der Waals surface area (Å²) in [5.41, 5.74) is -2.56. The predicted molar refractivity (Wildman–Crippen MR) is 127 cm³/mol. The smallest absolute Gasteiger partial charge is 0.159 e. The Bertz CT molecular complexity index is 839. The van der Waals surface area contributed by atoms with Crippen molar-refractivity contribution < 1.29 is 35.4 Å². The molecular formula is C27H44O7. The van der Waals surface area contributed by atoms with Gasteiger partial charge in [0.05, 0.1) is 36.1 Å². The molecule has 0 bridgehead atoms. The molecule has 11 unspecified atom stereocenters. The zero-order valence-corrected chi connectivity index (χ0v) is 21.1. The third-order valence-electron chi connectivity index (χ3n) is 10.8. The van der Waals surface area contributed by atoms with Gasteiger partial charge in [0.1, 0.15) is 0 Å². The van der Waals surface area contributed by atoms with E-state index in [4.69, 9.17) is 0 Å². The molecule has 7 heteroatoms. The van der Waals surface area contributed by atoms with Crippen LogP contribution < -0.4 is 0 Å². The summed E-state index contributed by atoms with van der Waals surface area (Å²) in [6.45, 7) is 7.34. The highest BCUT2D eigenvalue weighted by molar-refractivity contribution is 5.95. The SMILES string of the molecule is CC(C(O)CCC(C)(O)CO)C1CCC2(O)C3=CC(=O)C4CC(O)C(O)CC4(C)C3CCC12C. The van der Waals surface area contributed by atoms with Crippen LogP contribution in [0.3, 0.4) is 0 Å². The number of ketones is 1. The quantitative estimate of drug-likeness (QED) is 0.340. The van der Waals surface area contributed by atoms with Gasteiger partial charge in [-0.15, -0.1) is 0 Å². The Kier molecular flexibility index (Phi) is 6.66. The molecule has 0 saturated heterocycles. The van der Waals surface area contributed by atoms with Gasteiger partial charge in [-0.2, -0.15) is 0 Å². The van der Waals surface area contributed by atoms with Crippen LogP contribution >= 0.6 is 0 Å². The van der Waals surface area contributed by atoms with Crippen LogP contribution in [0.25, 0.3) is 0 Å². The van der Waals surface area contributed by atoms with Crippen LogP contribution in [0.4, 0.5) is 0 Å². The number of hydrogen-bond donors (Lipinski definition) is 6. The summed E-state index contributed by atoms with van der Waals surface area (Å²) in [5, 5.41) is 63.3. The highest BCUT2D eigenvalue weighted by Gasteiger charge is 2.67. The highest BCUT2D eigenvalue weighted by atomic mass is 16.3. The summed E-state index contributed by atoms with van der Waals surface area (Å²) in [7, 11) is 0. The second-order valence-electron chi connectivity index (χ2n) is 12.8. The van der Waals surface area contributed by atoms with E-state index in [-0.39, 0.29) is 42.5 Å². The molecule has 0 heterocycles. The molecule has 4 aliphatic rings. The third-order valence-corrected chi connectivity index (χ3v) is 10.8. The van der Waals surface area contributed by atoms with E-state index in [1.165, 1.54) is 0 Å². The van der Waals surface area contributed by atoms with Gasteiger partial charge in [0.2, 0.25) is 0 Å². The summed E-state index contributed by atoms with van der Waals surface area (Å²) in [6.07, 6.45) is 3.32. The number of carbonyl (C=O) groups excluding carboxylic acids is 1. The average molecular weight is 481 g/mol. The first-order chi connectivity index (χ1) is 15.7. The average Bonchev–Trinajstić information content (AvgIpc) is 3.05. The van der Waals surface area contributed by atoms with Gasteiger partial charge in [-0.3, -0.25) is 4.79 Å². The fourth-order valence-electron chi connectivity index (χ4n) is 8.32. The van der Waals surface area contributed by atoms with Crippen LogP contribution in [0.5, 0.6) is 0 Å². The molecule has 4 aliphatic carbocycles. The first-order valence-corrected chi connectivity index (χ1v) is 13.1. The lowest BCUT2D eigenvalue weighted by atomic mass is 9.46. The molecule has 7 nitrogen and oxygen atoms in total. The molecule has 0 aliphatic heterocycles. The Balaban J connectivity index is 1.60. The number of carbonyl (C=O) groups is 1. The molecule has 0 amide bonds. The van der Waals surface area contributed by atoms with E-state index in [2.05, 4.69) is 6.92 Å². The van der Waals surface area contributed by atoms with Gasteiger partial charge < -0.3 is 30.6 Å². The molecule has 194 valence electrons. The minimum atomic E-state index is -1.23. The highest BCUT2D eigenvalue weighted by Crippen LogP contribution is 2.68. The van der Waals surface area contributed by atoms with Gasteiger partial charge in [-0.1, -0.05) is 20.8 Å². The van der Waals surface area contributed by atoms with Crippen molar-refractivity contribution in [3.63, 3.8) is 0 Å². The number of rotatable bonds is 6. The predicted octanol–water partition coefficient (Wildman–Crippen LogP) is 1.71. The monoisotopic (exact) mass is 480 g/mol. The standard InChI is InChI=1S/C27H44O7/c1-15(20(29)7-8-24(2,33)14-28)16-6-10-27(34)18-11-21(30)19-12-22(31)23(32)13-25(19,3)17(18)5-9-26(16,27)4/h11,15-17,19-20,22-23,28-29,31-34H,5-10,12-14H2,1-4H3. The lowest BCUT2D eigenvalue weighted by Gasteiger charge is -2.60. The van der Waals surface area contributed by atoms with E-state index in [0.717, 1.165) is 24.8 Å². The minimum Gasteiger partial charge on any atom is -0.393 e. The maximum Gasteiger partial charge on any atom is 0.159 e. The van der Waals surface area contributed by atoms with Gasteiger partial charge in [0.25, 0.3) is 0 Å². The number of fused-ring (bicyclic) bond motifs is 5. The van der Waals surface area contributed by atoms with Crippen LogP contribution in [0.2, 0.25) is 0 Å². The second-order valence-corrected chi connectivity index (χ2v) is 12.8. The molecular weight excluding hydrogens is 436 g/mol. The number of hydrogen-bond acceptors (Lipinski definition) is 7. The molecule has 4 rings (SSSR count). The van der Waals surface area contributed by atoms with Crippen molar-refractivity contribution >= 4 is 5.78 Å². The first-order valence-electron chi connectivity index (χ1n) is 13.1. The molecule has 11 atom stereocenters. The number of allylic oxidation sites excluding steroid dienone is 1. The summed E-state index contributed by atoms with van der Waals surface area (Å²) in [4.78, 5) is 13.2. The second kappa shape index (κ2) is 8.63. The van der Waals surface area contributed by atoms with Crippen molar-refractivity contribution in [3.8, 4) is 0 Å². The van der Waals surface area contributed by atoms with E-state index < -0.39 is 40.3 Å². The fourth-order valence-corrected chi connectivity index (χ4v) is 8.32. The van der Waals surface area contributed by atoms with E-state index in [9.17, 15) is 35.4 Å². The Labute approximate surface area is 202 Å². The van der Waals surface area contributed by atoms with Crippen molar-refractivity contribution in [1.82, 2.24) is 0 Å². The Hall–Kier alpha value is -0.830. The maximum atomic E-state index is 13.2. The Morgan fingerprint density at radius 1 is 1.15 bits per heavy atom. The molecule has 0 aromatic rings. The molecule has 0 radical (unpaired) electrons. The van der Waals surface area contributed by atoms with Crippen molar-refractivity contribution in [1.29, 1.82) is 0 Å². The van der Waals surface area contributed by atoms with E-state index >= 15 is 0 Å². The third kappa shape index (κ3) is 3.82. The molecule has 34 heavy (non-hydrogen) atoms. The fraction of sp³-hybridized carbons (Fsp3) is 0.889.